The summed E-state index contributed by atoms with van der Waals surface area (Å²) in [5, 5.41) is 2.84. The van der Waals surface area contributed by atoms with Gasteiger partial charge in [-0.3, -0.25) is 9.59 Å². The third-order valence-corrected chi connectivity index (χ3v) is 8.63. The molecule has 0 saturated carbocycles. The second-order valence-corrected chi connectivity index (χ2v) is 11.2. The van der Waals surface area contributed by atoms with Crippen LogP contribution in [0.2, 0.25) is 0 Å². The van der Waals surface area contributed by atoms with Crippen LogP contribution in [0, 0.1) is 0 Å². The molecule has 2 heterocycles. The molecule has 192 valence electrons. The van der Waals surface area contributed by atoms with Gasteiger partial charge in [0.2, 0.25) is 10.0 Å². The van der Waals surface area contributed by atoms with Crippen LogP contribution in [0.4, 0.5) is 11.4 Å². The second-order valence-electron chi connectivity index (χ2n) is 9.26. The molecule has 1 atom stereocenters. The van der Waals surface area contributed by atoms with E-state index in [1.54, 1.807) is 30.0 Å². The van der Waals surface area contributed by atoms with Crippen LogP contribution in [0.5, 0.6) is 5.75 Å². The molecule has 2 aliphatic heterocycles. The Morgan fingerprint density at radius 2 is 1.70 bits per heavy atom. The molecule has 0 spiro atoms. The Labute approximate surface area is 216 Å². The van der Waals surface area contributed by atoms with Gasteiger partial charge in [-0.2, -0.15) is 4.31 Å². The van der Waals surface area contributed by atoms with Crippen LogP contribution in [0.15, 0.2) is 77.7 Å². The SMILES string of the molecule is CC1Oc2cc(NC(=O)c3ccc(S(=O)(=O)N4CCCC4)cc3)ccc2N(CCc2ccccc2)C1=O. The van der Waals surface area contributed by atoms with E-state index in [0.717, 1.165) is 18.4 Å². The fraction of sp³-hybridized carbons (Fsp3) is 0.286. The lowest BCUT2D eigenvalue weighted by Gasteiger charge is -2.33. The average molecular weight is 520 g/mol. The number of amides is 2. The van der Waals surface area contributed by atoms with Gasteiger partial charge in [-0.1, -0.05) is 30.3 Å². The van der Waals surface area contributed by atoms with Gasteiger partial charge < -0.3 is 15.0 Å². The van der Waals surface area contributed by atoms with E-state index in [1.165, 1.54) is 28.6 Å². The first-order valence-corrected chi connectivity index (χ1v) is 13.8. The number of rotatable bonds is 7. The highest BCUT2D eigenvalue weighted by atomic mass is 32.2. The summed E-state index contributed by atoms with van der Waals surface area (Å²) in [4.78, 5) is 27.6. The van der Waals surface area contributed by atoms with Gasteiger partial charge in [-0.05, 0) is 68.1 Å². The molecule has 0 bridgehead atoms. The number of nitrogens with zero attached hydrogens (tertiary/aromatic N) is 2. The Balaban J connectivity index is 1.29. The summed E-state index contributed by atoms with van der Waals surface area (Å²) in [5.74, 6) is 0.0418. The Hall–Kier alpha value is -3.69. The molecule has 3 aromatic rings. The maximum atomic E-state index is 12.9. The first-order chi connectivity index (χ1) is 17.8. The summed E-state index contributed by atoms with van der Waals surface area (Å²) in [5.41, 5.74) is 2.65. The minimum atomic E-state index is -3.54. The van der Waals surface area contributed by atoms with Crippen LogP contribution < -0.4 is 15.0 Å². The normalized spacial score (nSPS) is 17.8. The zero-order chi connectivity index (χ0) is 26.0. The van der Waals surface area contributed by atoms with Crippen molar-refractivity contribution < 1.29 is 22.7 Å². The number of hydrogen-bond donors (Lipinski definition) is 1. The highest BCUT2D eigenvalue weighted by molar-refractivity contribution is 7.89. The van der Waals surface area contributed by atoms with Gasteiger partial charge >= 0.3 is 0 Å². The Bertz CT molecular complexity index is 1400. The molecule has 2 amide bonds. The summed E-state index contributed by atoms with van der Waals surface area (Å²) >= 11 is 0. The van der Waals surface area contributed by atoms with Crippen molar-refractivity contribution in [1.29, 1.82) is 0 Å². The number of anilines is 2. The molecule has 1 unspecified atom stereocenters. The summed E-state index contributed by atoms with van der Waals surface area (Å²) in [7, 11) is -3.54. The zero-order valence-corrected chi connectivity index (χ0v) is 21.4. The molecule has 1 saturated heterocycles. The number of fused-ring (bicyclic) bond motifs is 1. The van der Waals surface area contributed by atoms with E-state index in [0.29, 0.717) is 48.7 Å². The molecule has 5 rings (SSSR count). The molecule has 0 aliphatic carbocycles. The Morgan fingerprint density at radius 1 is 1.00 bits per heavy atom. The summed E-state index contributed by atoms with van der Waals surface area (Å²) in [6, 6.07) is 21.1. The van der Waals surface area contributed by atoms with E-state index in [9.17, 15) is 18.0 Å². The lowest BCUT2D eigenvalue weighted by Crippen LogP contribution is -2.45. The third-order valence-electron chi connectivity index (χ3n) is 6.71. The fourth-order valence-electron chi connectivity index (χ4n) is 4.66. The van der Waals surface area contributed by atoms with E-state index in [1.807, 2.05) is 30.3 Å². The lowest BCUT2D eigenvalue weighted by atomic mass is 10.1. The average Bonchev–Trinajstić information content (AvgIpc) is 3.46. The second kappa shape index (κ2) is 10.4. The van der Waals surface area contributed by atoms with Crippen LogP contribution >= 0.6 is 0 Å². The van der Waals surface area contributed by atoms with Gasteiger partial charge in [0.1, 0.15) is 5.75 Å². The monoisotopic (exact) mass is 519 g/mol. The quantitative estimate of drug-likeness (QED) is 0.508. The van der Waals surface area contributed by atoms with Crippen molar-refractivity contribution in [2.24, 2.45) is 0 Å². The number of ether oxygens (including phenoxy) is 1. The van der Waals surface area contributed by atoms with Crippen molar-refractivity contribution in [1.82, 2.24) is 4.31 Å². The zero-order valence-electron chi connectivity index (χ0n) is 20.6. The molecule has 0 aromatic heterocycles. The van der Waals surface area contributed by atoms with E-state index in [4.69, 9.17) is 4.74 Å². The minimum absolute atomic E-state index is 0.107. The number of nitrogens with one attached hydrogen (secondary N) is 1. The predicted molar refractivity (Wildman–Crippen MR) is 141 cm³/mol. The topological polar surface area (TPSA) is 96.0 Å². The number of benzene rings is 3. The van der Waals surface area contributed by atoms with Gasteiger partial charge in [0.05, 0.1) is 10.6 Å². The lowest BCUT2D eigenvalue weighted by molar-refractivity contribution is -0.125. The largest absolute Gasteiger partial charge is 0.479 e. The van der Waals surface area contributed by atoms with Crippen molar-refractivity contribution in [3.8, 4) is 5.75 Å². The van der Waals surface area contributed by atoms with E-state index in [-0.39, 0.29) is 16.7 Å². The highest BCUT2D eigenvalue weighted by Crippen LogP contribution is 2.36. The van der Waals surface area contributed by atoms with Gasteiger partial charge in [-0.15, -0.1) is 0 Å². The van der Waals surface area contributed by atoms with Crippen LogP contribution in [0.3, 0.4) is 0 Å². The number of hydrogen-bond acceptors (Lipinski definition) is 5. The molecule has 3 aromatic carbocycles. The minimum Gasteiger partial charge on any atom is -0.479 e. The Morgan fingerprint density at radius 3 is 2.41 bits per heavy atom. The van der Waals surface area contributed by atoms with E-state index < -0.39 is 16.1 Å². The number of sulfonamides is 1. The molecule has 0 radical (unpaired) electrons. The smallest absolute Gasteiger partial charge is 0.267 e. The van der Waals surface area contributed by atoms with Crippen LogP contribution in [0.1, 0.15) is 35.7 Å². The van der Waals surface area contributed by atoms with Crippen molar-refractivity contribution in [2.75, 3.05) is 29.9 Å². The number of carbonyl (C=O) groups is 2. The summed E-state index contributed by atoms with van der Waals surface area (Å²) < 4.78 is 32.8. The number of carbonyl (C=O) groups excluding carboxylic acids is 2. The molecule has 8 nitrogen and oxygen atoms in total. The molecule has 9 heteroatoms. The van der Waals surface area contributed by atoms with E-state index >= 15 is 0 Å². The molecule has 37 heavy (non-hydrogen) atoms. The highest BCUT2D eigenvalue weighted by Gasteiger charge is 2.31. The summed E-state index contributed by atoms with van der Waals surface area (Å²) in [6.07, 6.45) is 1.80. The third kappa shape index (κ3) is 5.23. The van der Waals surface area contributed by atoms with Crippen LogP contribution in [-0.2, 0) is 21.2 Å². The van der Waals surface area contributed by atoms with Crippen molar-refractivity contribution in [3.63, 3.8) is 0 Å². The maximum absolute atomic E-state index is 12.9. The molecule has 1 fully saturated rings. The van der Waals surface area contributed by atoms with Gasteiger partial charge in [0.25, 0.3) is 11.8 Å². The van der Waals surface area contributed by atoms with Gasteiger partial charge in [-0.25, -0.2) is 8.42 Å². The standard InChI is InChI=1S/C28H29N3O5S/c1-20-28(33)31(18-15-21-7-3-2-4-8-21)25-14-11-23(19-26(25)36-20)29-27(32)22-9-12-24(13-10-22)37(34,35)30-16-5-6-17-30/h2-4,7-14,19-20H,5-6,15-18H2,1H3,(H,29,32). The van der Waals surface area contributed by atoms with Gasteiger partial charge in [0.15, 0.2) is 6.10 Å². The summed E-state index contributed by atoms with van der Waals surface area (Å²) in [6.45, 7) is 3.28. The van der Waals surface area contributed by atoms with E-state index in [2.05, 4.69) is 5.32 Å². The van der Waals surface area contributed by atoms with Crippen molar-refractivity contribution >= 4 is 33.2 Å². The molecular weight excluding hydrogens is 490 g/mol. The van der Waals surface area contributed by atoms with Gasteiger partial charge in [0, 0.05) is 37.0 Å². The molecular formula is C28H29N3O5S. The molecule has 1 N–H and O–H groups in total. The van der Waals surface area contributed by atoms with Crippen LogP contribution in [-0.4, -0.2) is 50.3 Å². The first kappa shape index (κ1) is 25.0. The maximum Gasteiger partial charge on any atom is 0.267 e. The van der Waals surface area contributed by atoms with Crippen molar-refractivity contribution in [3.05, 3.63) is 83.9 Å². The van der Waals surface area contributed by atoms with Crippen molar-refractivity contribution in [2.45, 2.75) is 37.2 Å². The predicted octanol–water partition coefficient (Wildman–Crippen LogP) is 4.08. The first-order valence-electron chi connectivity index (χ1n) is 12.4. The fourth-order valence-corrected chi connectivity index (χ4v) is 6.18. The van der Waals surface area contributed by atoms with Crippen LogP contribution in [0.25, 0.3) is 0 Å². The molecule has 2 aliphatic rings. The Kier molecular flexibility index (Phi) is 6.99.